The standard InChI is InChI=1S/C29H36BrN5O2/c1-21-11-14-34(15-12-21)18-23-5-2-4-22(16-23)17-31-29(36)25-6-3-13-35(19-25)20-27-32-28(33-37-27)24-7-9-26(30)10-8-24/h2,4-5,7-10,16,21,25H,3,6,11-15,17-20H2,1H3,(H,31,36). The van der Waals surface area contributed by atoms with Gasteiger partial charge in [-0.1, -0.05) is 52.3 Å². The summed E-state index contributed by atoms with van der Waals surface area (Å²) in [6.45, 7) is 8.45. The van der Waals surface area contributed by atoms with Gasteiger partial charge in [0.2, 0.25) is 17.6 Å². The van der Waals surface area contributed by atoms with E-state index < -0.39 is 0 Å². The summed E-state index contributed by atoms with van der Waals surface area (Å²) in [7, 11) is 0. The lowest BCUT2D eigenvalue weighted by molar-refractivity contribution is -0.127. The number of nitrogens with zero attached hydrogens (tertiary/aromatic N) is 4. The minimum atomic E-state index is -0.0267. The highest BCUT2D eigenvalue weighted by Gasteiger charge is 2.27. The summed E-state index contributed by atoms with van der Waals surface area (Å²) in [5.74, 6) is 2.11. The lowest BCUT2D eigenvalue weighted by atomic mass is 9.97. The van der Waals surface area contributed by atoms with Gasteiger partial charge in [-0.3, -0.25) is 14.6 Å². The molecule has 1 N–H and O–H groups in total. The van der Waals surface area contributed by atoms with Crippen molar-refractivity contribution in [2.45, 2.75) is 52.2 Å². The molecule has 2 aliphatic rings. The molecule has 0 radical (unpaired) electrons. The predicted molar refractivity (Wildman–Crippen MR) is 147 cm³/mol. The summed E-state index contributed by atoms with van der Waals surface area (Å²) >= 11 is 3.45. The zero-order valence-electron chi connectivity index (χ0n) is 21.5. The SMILES string of the molecule is CC1CCN(Cc2cccc(CNC(=O)C3CCCN(Cc4nc(-c5ccc(Br)cc5)no4)C3)c2)CC1. The maximum Gasteiger partial charge on any atom is 0.241 e. The van der Waals surface area contributed by atoms with E-state index in [0.29, 0.717) is 31.3 Å². The molecule has 1 amide bonds. The van der Waals surface area contributed by atoms with Crippen LogP contribution in [0.1, 0.15) is 49.6 Å². The van der Waals surface area contributed by atoms with Crippen molar-refractivity contribution in [1.29, 1.82) is 0 Å². The fourth-order valence-corrected chi connectivity index (χ4v) is 5.55. The number of halogens is 1. The Labute approximate surface area is 227 Å². The number of aromatic nitrogens is 2. The summed E-state index contributed by atoms with van der Waals surface area (Å²) in [5.41, 5.74) is 3.41. The largest absolute Gasteiger partial charge is 0.352 e. The minimum absolute atomic E-state index is 0.0267. The summed E-state index contributed by atoms with van der Waals surface area (Å²) in [6.07, 6.45) is 4.46. The van der Waals surface area contributed by atoms with Gasteiger partial charge < -0.3 is 9.84 Å². The second-order valence-electron chi connectivity index (χ2n) is 10.6. The van der Waals surface area contributed by atoms with E-state index in [-0.39, 0.29) is 11.8 Å². The van der Waals surface area contributed by atoms with Gasteiger partial charge in [0.1, 0.15) is 0 Å². The number of carbonyl (C=O) groups excluding carboxylic acids is 1. The molecule has 3 aromatic rings. The number of amides is 1. The number of piperidine rings is 2. The first kappa shape index (κ1) is 26.1. The van der Waals surface area contributed by atoms with Crippen LogP contribution >= 0.6 is 15.9 Å². The molecule has 0 aliphatic carbocycles. The van der Waals surface area contributed by atoms with E-state index >= 15 is 0 Å². The number of hydrogen-bond acceptors (Lipinski definition) is 6. The van der Waals surface area contributed by atoms with Crippen LogP contribution in [-0.4, -0.2) is 52.0 Å². The van der Waals surface area contributed by atoms with E-state index in [9.17, 15) is 4.79 Å². The number of rotatable bonds is 8. The normalized spacial score (nSPS) is 19.7. The van der Waals surface area contributed by atoms with Crippen molar-refractivity contribution in [1.82, 2.24) is 25.3 Å². The molecule has 1 aromatic heterocycles. The molecule has 2 aromatic carbocycles. The molecular formula is C29H36BrN5O2. The zero-order chi connectivity index (χ0) is 25.6. The Morgan fingerprint density at radius 3 is 2.62 bits per heavy atom. The van der Waals surface area contributed by atoms with Gasteiger partial charge in [0.25, 0.3) is 0 Å². The molecule has 7 nitrogen and oxygen atoms in total. The van der Waals surface area contributed by atoms with Gasteiger partial charge >= 0.3 is 0 Å². The Morgan fingerprint density at radius 1 is 1.03 bits per heavy atom. The molecule has 2 fully saturated rings. The van der Waals surface area contributed by atoms with Crippen molar-refractivity contribution in [2.24, 2.45) is 11.8 Å². The molecule has 1 unspecified atom stereocenters. The number of nitrogens with one attached hydrogen (secondary N) is 1. The number of likely N-dealkylation sites (tertiary alicyclic amines) is 2. The molecular weight excluding hydrogens is 530 g/mol. The summed E-state index contributed by atoms with van der Waals surface area (Å²) in [6, 6.07) is 16.5. The molecule has 3 heterocycles. The van der Waals surface area contributed by atoms with Gasteiger partial charge in [-0.25, -0.2) is 0 Å². The van der Waals surface area contributed by atoms with E-state index in [1.807, 2.05) is 24.3 Å². The second-order valence-corrected chi connectivity index (χ2v) is 11.5. The fraction of sp³-hybridized carbons (Fsp3) is 0.483. The van der Waals surface area contributed by atoms with Crippen LogP contribution in [-0.2, 0) is 24.4 Å². The maximum atomic E-state index is 13.0. The molecule has 2 saturated heterocycles. The van der Waals surface area contributed by atoms with Crippen molar-refractivity contribution >= 4 is 21.8 Å². The first-order chi connectivity index (χ1) is 18.0. The third-order valence-electron chi connectivity index (χ3n) is 7.55. The predicted octanol–water partition coefficient (Wildman–Crippen LogP) is 5.26. The van der Waals surface area contributed by atoms with Gasteiger partial charge in [-0.15, -0.1) is 0 Å². The molecule has 0 saturated carbocycles. The quantitative estimate of drug-likeness (QED) is 0.401. The molecule has 1 atom stereocenters. The third-order valence-corrected chi connectivity index (χ3v) is 8.07. The van der Waals surface area contributed by atoms with E-state index in [0.717, 1.165) is 47.4 Å². The maximum absolute atomic E-state index is 13.0. The molecule has 5 rings (SSSR count). The van der Waals surface area contributed by atoms with Crippen LogP contribution in [0.4, 0.5) is 0 Å². The highest BCUT2D eigenvalue weighted by atomic mass is 79.9. The van der Waals surface area contributed by atoms with Crippen LogP contribution in [0.3, 0.4) is 0 Å². The van der Waals surface area contributed by atoms with Crippen LogP contribution in [0.5, 0.6) is 0 Å². The van der Waals surface area contributed by atoms with Crippen LogP contribution in [0, 0.1) is 11.8 Å². The first-order valence-corrected chi connectivity index (χ1v) is 14.2. The van der Waals surface area contributed by atoms with Crippen molar-refractivity contribution in [3.63, 3.8) is 0 Å². The van der Waals surface area contributed by atoms with Gasteiger partial charge in [0.15, 0.2) is 0 Å². The molecule has 37 heavy (non-hydrogen) atoms. The molecule has 196 valence electrons. The highest BCUT2D eigenvalue weighted by Crippen LogP contribution is 2.22. The van der Waals surface area contributed by atoms with E-state index in [4.69, 9.17) is 4.52 Å². The van der Waals surface area contributed by atoms with Crippen LogP contribution in [0.2, 0.25) is 0 Å². The topological polar surface area (TPSA) is 74.5 Å². The number of carbonyl (C=O) groups is 1. The van der Waals surface area contributed by atoms with Crippen LogP contribution in [0.25, 0.3) is 11.4 Å². The lowest BCUT2D eigenvalue weighted by Gasteiger charge is -2.31. The smallest absolute Gasteiger partial charge is 0.241 e. The monoisotopic (exact) mass is 565 g/mol. The molecule has 8 heteroatoms. The van der Waals surface area contributed by atoms with Gasteiger partial charge in [0, 0.05) is 29.7 Å². The van der Waals surface area contributed by atoms with Crippen molar-refractivity contribution in [3.8, 4) is 11.4 Å². The second kappa shape index (κ2) is 12.3. The number of benzene rings is 2. The lowest BCUT2D eigenvalue weighted by Crippen LogP contribution is -2.42. The van der Waals surface area contributed by atoms with Gasteiger partial charge in [-0.05, 0) is 86.6 Å². The van der Waals surface area contributed by atoms with Crippen LogP contribution in [0.15, 0.2) is 57.5 Å². The van der Waals surface area contributed by atoms with Gasteiger partial charge in [0.05, 0.1) is 12.5 Å². The Morgan fingerprint density at radius 2 is 1.81 bits per heavy atom. The molecule has 0 spiro atoms. The Kier molecular flexibility index (Phi) is 8.69. The van der Waals surface area contributed by atoms with E-state index in [1.54, 1.807) is 0 Å². The summed E-state index contributed by atoms with van der Waals surface area (Å²) in [4.78, 5) is 22.4. The summed E-state index contributed by atoms with van der Waals surface area (Å²) in [5, 5.41) is 7.32. The van der Waals surface area contributed by atoms with Gasteiger partial charge in [-0.2, -0.15) is 4.98 Å². The van der Waals surface area contributed by atoms with Crippen molar-refractivity contribution in [2.75, 3.05) is 26.2 Å². The third kappa shape index (κ3) is 7.27. The Bertz CT molecular complexity index is 1170. The molecule has 2 aliphatic heterocycles. The first-order valence-electron chi connectivity index (χ1n) is 13.4. The van der Waals surface area contributed by atoms with E-state index in [2.05, 4.69) is 72.4 Å². The molecule has 0 bridgehead atoms. The zero-order valence-corrected chi connectivity index (χ0v) is 23.1. The summed E-state index contributed by atoms with van der Waals surface area (Å²) < 4.78 is 6.52. The van der Waals surface area contributed by atoms with E-state index in [1.165, 1.54) is 31.5 Å². The minimum Gasteiger partial charge on any atom is -0.352 e. The number of hydrogen-bond donors (Lipinski definition) is 1. The van der Waals surface area contributed by atoms with Crippen molar-refractivity contribution < 1.29 is 9.32 Å². The average Bonchev–Trinajstić information content (AvgIpc) is 3.38. The van der Waals surface area contributed by atoms with Crippen LogP contribution < -0.4 is 5.32 Å². The Hall–Kier alpha value is -2.55. The highest BCUT2D eigenvalue weighted by molar-refractivity contribution is 9.10. The average molecular weight is 567 g/mol. The fourth-order valence-electron chi connectivity index (χ4n) is 5.29. The van der Waals surface area contributed by atoms with Crippen molar-refractivity contribution in [3.05, 3.63) is 70.0 Å². The Balaban J connectivity index is 1.10.